The Labute approximate surface area is 144 Å². The Hall–Kier alpha value is -3.03. The number of carbonyl (C=O) groups excluding carboxylic acids is 1. The van der Waals surface area contributed by atoms with E-state index >= 15 is 0 Å². The number of aromatic nitrogens is 5. The molecule has 1 aliphatic heterocycles. The SMILES string of the molecule is Cc1cc(C(=O)N2CC(C)C(c3nc(-c4ccncc4)no3)C2)n[nH]1. The first kappa shape index (κ1) is 15.5. The summed E-state index contributed by atoms with van der Waals surface area (Å²) >= 11 is 0. The van der Waals surface area contributed by atoms with E-state index in [9.17, 15) is 4.79 Å². The molecule has 0 aliphatic carbocycles. The monoisotopic (exact) mass is 338 g/mol. The number of hydrogen-bond acceptors (Lipinski definition) is 6. The molecule has 3 aromatic heterocycles. The van der Waals surface area contributed by atoms with Gasteiger partial charge in [-0.25, -0.2) is 0 Å². The van der Waals surface area contributed by atoms with Gasteiger partial charge < -0.3 is 9.42 Å². The van der Waals surface area contributed by atoms with Gasteiger partial charge >= 0.3 is 0 Å². The highest BCUT2D eigenvalue weighted by Crippen LogP contribution is 2.33. The molecule has 2 atom stereocenters. The van der Waals surface area contributed by atoms with E-state index < -0.39 is 0 Å². The molecular weight excluding hydrogens is 320 g/mol. The maximum atomic E-state index is 12.6. The van der Waals surface area contributed by atoms with Gasteiger partial charge in [0.1, 0.15) is 5.69 Å². The van der Waals surface area contributed by atoms with Crippen LogP contribution in [0.5, 0.6) is 0 Å². The molecule has 1 amide bonds. The van der Waals surface area contributed by atoms with Crippen LogP contribution in [-0.4, -0.2) is 49.2 Å². The van der Waals surface area contributed by atoms with Crippen LogP contribution in [0.1, 0.15) is 34.9 Å². The van der Waals surface area contributed by atoms with Crippen LogP contribution in [-0.2, 0) is 0 Å². The minimum atomic E-state index is -0.0763. The first-order valence-electron chi connectivity index (χ1n) is 8.17. The Kier molecular flexibility index (Phi) is 3.79. The Bertz CT molecular complexity index is 887. The number of nitrogens with zero attached hydrogens (tertiary/aromatic N) is 5. The van der Waals surface area contributed by atoms with Crippen molar-refractivity contribution in [2.45, 2.75) is 19.8 Å². The summed E-state index contributed by atoms with van der Waals surface area (Å²) in [4.78, 5) is 22.9. The van der Waals surface area contributed by atoms with Gasteiger partial charge in [-0.2, -0.15) is 10.1 Å². The van der Waals surface area contributed by atoms with Crippen molar-refractivity contribution in [2.24, 2.45) is 5.92 Å². The molecule has 0 radical (unpaired) electrons. The first-order valence-corrected chi connectivity index (χ1v) is 8.17. The van der Waals surface area contributed by atoms with Crippen molar-refractivity contribution in [1.29, 1.82) is 0 Å². The second-order valence-corrected chi connectivity index (χ2v) is 6.42. The number of aromatic amines is 1. The van der Waals surface area contributed by atoms with Crippen molar-refractivity contribution < 1.29 is 9.32 Å². The lowest BCUT2D eigenvalue weighted by molar-refractivity contribution is 0.0780. The maximum absolute atomic E-state index is 12.6. The van der Waals surface area contributed by atoms with Gasteiger partial charge in [0, 0.05) is 36.7 Å². The predicted molar refractivity (Wildman–Crippen MR) is 88.7 cm³/mol. The quantitative estimate of drug-likeness (QED) is 0.784. The summed E-state index contributed by atoms with van der Waals surface area (Å²) in [6, 6.07) is 5.43. The van der Waals surface area contributed by atoms with Crippen LogP contribution in [0.25, 0.3) is 11.4 Å². The van der Waals surface area contributed by atoms with Gasteiger partial charge in [0.05, 0.1) is 5.92 Å². The number of amides is 1. The third-order valence-electron chi connectivity index (χ3n) is 4.52. The fraction of sp³-hybridized carbons (Fsp3) is 0.353. The van der Waals surface area contributed by atoms with Crippen LogP contribution in [0.15, 0.2) is 35.1 Å². The summed E-state index contributed by atoms with van der Waals surface area (Å²) in [6.45, 7) is 5.15. The van der Waals surface area contributed by atoms with Crippen molar-refractivity contribution >= 4 is 5.91 Å². The van der Waals surface area contributed by atoms with E-state index in [4.69, 9.17) is 4.52 Å². The van der Waals surface area contributed by atoms with Crippen LogP contribution >= 0.6 is 0 Å². The second-order valence-electron chi connectivity index (χ2n) is 6.42. The summed E-state index contributed by atoms with van der Waals surface area (Å²) in [5.41, 5.74) is 2.16. The summed E-state index contributed by atoms with van der Waals surface area (Å²) in [7, 11) is 0. The zero-order valence-corrected chi connectivity index (χ0v) is 14.0. The van der Waals surface area contributed by atoms with Gasteiger partial charge in [0.15, 0.2) is 0 Å². The van der Waals surface area contributed by atoms with Crippen LogP contribution in [0.3, 0.4) is 0 Å². The van der Waals surface area contributed by atoms with E-state index in [1.807, 2.05) is 19.1 Å². The Morgan fingerprint density at radius 2 is 2.12 bits per heavy atom. The largest absolute Gasteiger partial charge is 0.339 e. The Balaban J connectivity index is 1.52. The lowest BCUT2D eigenvalue weighted by Crippen LogP contribution is -2.29. The molecule has 1 aliphatic rings. The van der Waals surface area contributed by atoms with Gasteiger partial charge in [0.2, 0.25) is 11.7 Å². The highest BCUT2D eigenvalue weighted by molar-refractivity contribution is 5.92. The Morgan fingerprint density at radius 1 is 1.32 bits per heavy atom. The standard InChI is InChI=1S/C17H18N6O2/c1-10-8-23(17(24)14-7-11(2)20-21-14)9-13(10)16-19-15(22-25-16)12-3-5-18-6-4-12/h3-7,10,13H,8-9H2,1-2H3,(H,20,21). The van der Waals surface area contributed by atoms with Gasteiger partial charge in [-0.15, -0.1) is 0 Å². The highest BCUT2D eigenvalue weighted by atomic mass is 16.5. The number of H-pyrrole nitrogens is 1. The first-order chi connectivity index (χ1) is 12.1. The third kappa shape index (κ3) is 2.90. The van der Waals surface area contributed by atoms with E-state index in [2.05, 4.69) is 32.2 Å². The van der Waals surface area contributed by atoms with Crippen molar-refractivity contribution in [3.63, 3.8) is 0 Å². The lowest BCUT2D eigenvalue weighted by atomic mass is 9.98. The van der Waals surface area contributed by atoms with Crippen molar-refractivity contribution in [3.05, 3.63) is 47.9 Å². The summed E-state index contributed by atoms with van der Waals surface area (Å²) in [6.07, 6.45) is 3.38. The van der Waals surface area contributed by atoms with Crippen LogP contribution in [0.4, 0.5) is 0 Å². The van der Waals surface area contributed by atoms with Gasteiger partial charge in [-0.1, -0.05) is 12.1 Å². The van der Waals surface area contributed by atoms with Crippen molar-refractivity contribution in [2.75, 3.05) is 13.1 Å². The average Bonchev–Trinajstić information content (AvgIpc) is 3.34. The molecule has 25 heavy (non-hydrogen) atoms. The summed E-state index contributed by atoms with van der Waals surface area (Å²) in [5, 5.41) is 10.9. The molecule has 0 spiro atoms. The van der Waals surface area contributed by atoms with Crippen molar-refractivity contribution in [3.8, 4) is 11.4 Å². The van der Waals surface area contributed by atoms with E-state index in [1.165, 1.54) is 0 Å². The molecule has 4 heterocycles. The lowest BCUT2D eigenvalue weighted by Gasteiger charge is -2.13. The minimum Gasteiger partial charge on any atom is -0.339 e. The zero-order valence-electron chi connectivity index (χ0n) is 14.0. The predicted octanol–water partition coefficient (Wildman–Crippen LogP) is 2.04. The number of rotatable bonds is 3. The Morgan fingerprint density at radius 3 is 2.84 bits per heavy atom. The molecule has 4 rings (SSSR count). The number of pyridine rings is 1. The molecule has 128 valence electrons. The molecule has 3 aromatic rings. The average molecular weight is 338 g/mol. The molecule has 2 unspecified atom stereocenters. The van der Waals surface area contributed by atoms with E-state index in [0.29, 0.717) is 30.5 Å². The van der Waals surface area contributed by atoms with Crippen LogP contribution in [0.2, 0.25) is 0 Å². The van der Waals surface area contributed by atoms with Gasteiger partial charge in [-0.3, -0.25) is 14.9 Å². The third-order valence-corrected chi connectivity index (χ3v) is 4.52. The number of hydrogen-bond donors (Lipinski definition) is 1. The van der Waals surface area contributed by atoms with E-state index in [-0.39, 0.29) is 17.7 Å². The molecule has 8 nitrogen and oxygen atoms in total. The number of aryl methyl sites for hydroxylation is 1. The molecule has 0 bridgehead atoms. The number of carbonyl (C=O) groups is 1. The fourth-order valence-corrected chi connectivity index (χ4v) is 3.15. The normalized spacial score (nSPS) is 20.2. The molecule has 1 N–H and O–H groups in total. The molecule has 8 heteroatoms. The van der Waals surface area contributed by atoms with E-state index in [1.54, 1.807) is 23.4 Å². The second kappa shape index (κ2) is 6.12. The van der Waals surface area contributed by atoms with Crippen LogP contribution < -0.4 is 0 Å². The van der Waals surface area contributed by atoms with Gasteiger partial charge in [0.25, 0.3) is 5.91 Å². The van der Waals surface area contributed by atoms with E-state index in [0.717, 1.165) is 11.3 Å². The minimum absolute atomic E-state index is 0.0204. The molecule has 1 fully saturated rings. The molecular formula is C17H18N6O2. The van der Waals surface area contributed by atoms with Crippen LogP contribution in [0, 0.1) is 12.8 Å². The van der Waals surface area contributed by atoms with Gasteiger partial charge in [-0.05, 0) is 31.0 Å². The van der Waals surface area contributed by atoms with Crippen molar-refractivity contribution in [1.82, 2.24) is 30.2 Å². The fourth-order valence-electron chi connectivity index (χ4n) is 3.15. The zero-order chi connectivity index (χ0) is 17.4. The summed E-state index contributed by atoms with van der Waals surface area (Å²) < 4.78 is 5.47. The molecule has 1 saturated heterocycles. The smallest absolute Gasteiger partial charge is 0.274 e. The number of likely N-dealkylation sites (tertiary alicyclic amines) is 1. The topological polar surface area (TPSA) is 101 Å². The molecule has 0 saturated carbocycles. The highest BCUT2D eigenvalue weighted by Gasteiger charge is 2.37. The summed E-state index contributed by atoms with van der Waals surface area (Å²) in [5.74, 6) is 1.28. The molecule has 0 aromatic carbocycles. The maximum Gasteiger partial charge on any atom is 0.274 e. The number of nitrogens with one attached hydrogen (secondary N) is 1.